The quantitative estimate of drug-likeness (QED) is 0.366. The Morgan fingerprint density at radius 2 is 1.40 bits per heavy atom. The number of benzene rings is 3. The normalized spacial score (nSPS) is 20.7. The average molecular weight is 656 g/mol. The third-order valence-corrected chi connectivity index (χ3v) is 11.1. The Hall–Kier alpha value is -4.31. The van der Waals surface area contributed by atoms with Gasteiger partial charge in [-0.25, -0.2) is 8.42 Å². The molecule has 3 atom stereocenters. The van der Waals surface area contributed by atoms with Crippen molar-refractivity contribution < 1.29 is 27.6 Å². The molecule has 0 bridgehead atoms. The number of ketones is 1. The minimum Gasteiger partial charge on any atom is -0.343 e. The maximum atomic E-state index is 14.4. The highest BCUT2D eigenvalue weighted by molar-refractivity contribution is 7.90. The molecule has 0 aromatic heterocycles. The lowest BCUT2D eigenvalue weighted by atomic mass is 9.84. The van der Waals surface area contributed by atoms with Crippen LogP contribution in [0.3, 0.4) is 0 Å². The van der Waals surface area contributed by atoms with Crippen molar-refractivity contribution in [3.63, 3.8) is 0 Å². The summed E-state index contributed by atoms with van der Waals surface area (Å²) >= 11 is 0. The molecule has 1 aliphatic carbocycles. The van der Waals surface area contributed by atoms with Gasteiger partial charge in [0.25, 0.3) is 5.91 Å². The lowest BCUT2D eigenvalue weighted by Gasteiger charge is -2.32. The Labute approximate surface area is 276 Å². The molecule has 1 N–H and O–H groups in total. The first-order valence-corrected chi connectivity index (χ1v) is 18.4. The number of amides is 3. The predicted octanol–water partition coefficient (Wildman–Crippen LogP) is 4.37. The molecular formula is C37H41N3O6S. The van der Waals surface area contributed by atoms with Crippen LogP contribution in [0.25, 0.3) is 0 Å². The Kier molecular flexibility index (Phi) is 9.59. The lowest BCUT2D eigenvalue weighted by Crippen LogP contribution is -2.53. The molecule has 2 aliphatic heterocycles. The number of Topliss-reactive ketones (excluding diaryl/α,β-unsaturated/α-hetero) is 1. The van der Waals surface area contributed by atoms with Crippen LogP contribution >= 0.6 is 0 Å². The molecule has 3 fully saturated rings. The van der Waals surface area contributed by atoms with Crippen molar-refractivity contribution in [3.8, 4) is 0 Å². The number of nitrogens with zero attached hydrogens (tertiary/aromatic N) is 2. The van der Waals surface area contributed by atoms with Crippen molar-refractivity contribution in [2.75, 3.05) is 19.3 Å². The maximum absolute atomic E-state index is 14.4. The number of carbonyl (C=O) groups is 4. The third kappa shape index (κ3) is 6.88. The van der Waals surface area contributed by atoms with Gasteiger partial charge in [-0.15, -0.1) is 0 Å². The standard InChI is InChI=1S/C37H41N3O6S/c1-47(45,46)32-20-12-11-19-28(32)36(43)40-24-31(41)34-30(40)21-22-39(34)37(44)29(23-25-13-5-2-6-14-25)38-35(42)33(26-15-7-3-8-16-26)27-17-9-4-10-18-27/h3-4,7-12,15-20,25,29-30,33-34H,2,5-6,13-14,21-24H2,1H3,(H,38,42)/t29?,30-,34+/m1/s1. The van der Waals surface area contributed by atoms with Gasteiger partial charge in [0.2, 0.25) is 11.8 Å². The zero-order chi connectivity index (χ0) is 33.1. The number of likely N-dealkylation sites (tertiary alicyclic amines) is 2. The number of hydrogen-bond donors (Lipinski definition) is 1. The highest BCUT2D eigenvalue weighted by Gasteiger charge is 2.52. The van der Waals surface area contributed by atoms with Crippen LogP contribution in [0.1, 0.15) is 72.3 Å². The summed E-state index contributed by atoms with van der Waals surface area (Å²) in [5.74, 6) is -1.74. The topological polar surface area (TPSA) is 121 Å². The molecule has 246 valence electrons. The zero-order valence-corrected chi connectivity index (χ0v) is 27.4. The van der Waals surface area contributed by atoms with Gasteiger partial charge in [-0.1, -0.05) is 105 Å². The molecule has 0 radical (unpaired) electrons. The molecule has 47 heavy (non-hydrogen) atoms. The molecule has 0 spiro atoms. The SMILES string of the molecule is CS(=O)(=O)c1ccccc1C(=O)N1CC(=O)[C@@H]2[C@H]1CCN2C(=O)C(CC1CCCCC1)NC(=O)C(c1ccccc1)c1ccccc1. The van der Waals surface area contributed by atoms with E-state index < -0.39 is 39.8 Å². The number of hydrogen-bond acceptors (Lipinski definition) is 6. The summed E-state index contributed by atoms with van der Waals surface area (Å²) in [5.41, 5.74) is 1.65. The number of sulfone groups is 1. The van der Waals surface area contributed by atoms with Gasteiger partial charge in [-0.2, -0.15) is 0 Å². The summed E-state index contributed by atoms with van der Waals surface area (Å²) < 4.78 is 24.9. The second-order valence-electron chi connectivity index (χ2n) is 13.1. The molecule has 9 nitrogen and oxygen atoms in total. The minimum atomic E-state index is -3.69. The molecule has 3 amide bonds. The fraction of sp³-hybridized carbons (Fsp3) is 0.405. The van der Waals surface area contributed by atoms with E-state index in [0.717, 1.165) is 49.5 Å². The number of fused-ring (bicyclic) bond motifs is 1. The largest absolute Gasteiger partial charge is 0.343 e. The van der Waals surface area contributed by atoms with Gasteiger partial charge in [0, 0.05) is 12.8 Å². The summed E-state index contributed by atoms with van der Waals surface area (Å²) in [4.78, 5) is 58.7. The van der Waals surface area contributed by atoms with Gasteiger partial charge < -0.3 is 15.1 Å². The third-order valence-electron chi connectivity index (χ3n) is 9.92. The fourth-order valence-corrected chi connectivity index (χ4v) is 8.56. The van der Waals surface area contributed by atoms with Gasteiger partial charge in [0.05, 0.1) is 29.0 Å². The van der Waals surface area contributed by atoms with E-state index >= 15 is 0 Å². The lowest BCUT2D eigenvalue weighted by molar-refractivity contribution is -0.140. The van der Waals surface area contributed by atoms with E-state index in [-0.39, 0.29) is 47.1 Å². The first-order chi connectivity index (χ1) is 22.6. The summed E-state index contributed by atoms with van der Waals surface area (Å²) in [5, 5.41) is 3.13. The van der Waals surface area contributed by atoms with Crippen molar-refractivity contribution in [2.45, 2.75) is 73.9 Å². The second kappa shape index (κ2) is 13.8. The van der Waals surface area contributed by atoms with Crippen LogP contribution in [0.4, 0.5) is 0 Å². The van der Waals surface area contributed by atoms with E-state index in [1.54, 1.807) is 17.0 Å². The van der Waals surface area contributed by atoms with Crippen molar-refractivity contribution >= 4 is 33.3 Å². The zero-order valence-electron chi connectivity index (χ0n) is 26.6. The van der Waals surface area contributed by atoms with Crippen molar-refractivity contribution in [1.82, 2.24) is 15.1 Å². The van der Waals surface area contributed by atoms with E-state index in [1.807, 2.05) is 60.7 Å². The van der Waals surface area contributed by atoms with Crippen LogP contribution in [0, 0.1) is 5.92 Å². The van der Waals surface area contributed by atoms with Crippen LogP contribution in [-0.4, -0.2) is 79.2 Å². The minimum absolute atomic E-state index is 0.0172. The molecular weight excluding hydrogens is 614 g/mol. The molecule has 3 aliphatic rings. The monoisotopic (exact) mass is 655 g/mol. The highest BCUT2D eigenvalue weighted by atomic mass is 32.2. The molecule has 2 saturated heterocycles. The maximum Gasteiger partial charge on any atom is 0.255 e. The van der Waals surface area contributed by atoms with Crippen LogP contribution in [0.2, 0.25) is 0 Å². The smallest absolute Gasteiger partial charge is 0.255 e. The fourth-order valence-electron chi connectivity index (χ4n) is 7.68. The van der Waals surface area contributed by atoms with Crippen molar-refractivity contribution in [3.05, 3.63) is 102 Å². The van der Waals surface area contributed by atoms with E-state index in [0.29, 0.717) is 12.8 Å². The van der Waals surface area contributed by atoms with Crippen molar-refractivity contribution in [1.29, 1.82) is 0 Å². The number of carbonyl (C=O) groups excluding carboxylic acids is 4. The first-order valence-electron chi connectivity index (χ1n) is 16.5. The van der Waals surface area contributed by atoms with E-state index in [2.05, 4.69) is 5.32 Å². The van der Waals surface area contributed by atoms with Gasteiger partial charge in [-0.3, -0.25) is 19.2 Å². The van der Waals surface area contributed by atoms with Crippen LogP contribution in [0.15, 0.2) is 89.8 Å². The van der Waals surface area contributed by atoms with Crippen LogP contribution in [0.5, 0.6) is 0 Å². The van der Waals surface area contributed by atoms with E-state index in [1.165, 1.54) is 17.0 Å². The van der Waals surface area contributed by atoms with E-state index in [4.69, 9.17) is 0 Å². The molecule has 3 aromatic carbocycles. The van der Waals surface area contributed by atoms with Gasteiger partial charge >= 0.3 is 0 Å². The highest BCUT2D eigenvalue weighted by Crippen LogP contribution is 2.34. The molecule has 1 unspecified atom stereocenters. The average Bonchev–Trinajstić information content (AvgIpc) is 3.66. The first kappa shape index (κ1) is 32.6. The molecule has 2 heterocycles. The van der Waals surface area contributed by atoms with Crippen LogP contribution < -0.4 is 5.32 Å². The summed E-state index contributed by atoms with van der Waals surface area (Å²) in [6.45, 7) is 0.0506. The van der Waals surface area contributed by atoms with Crippen molar-refractivity contribution in [2.24, 2.45) is 5.92 Å². The molecule has 1 saturated carbocycles. The Bertz CT molecular complexity index is 1700. The van der Waals surface area contributed by atoms with Crippen LogP contribution in [-0.2, 0) is 24.2 Å². The number of rotatable bonds is 9. The van der Waals surface area contributed by atoms with Gasteiger partial charge in [-0.05, 0) is 42.0 Å². The molecule has 10 heteroatoms. The Balaban J connectivity index is 1.26. The molecule has 6 rings (SSSR count). The van der Waals surface area contributed by atoms with E-state index in [9.17, 15) is 27.6 Å². The van der Waals surface area contributed by atoms with Gasteiger partial charge in [0.15, 0.2) is 15.6 Å². The Morgan fingerprint density at radius 1 is 0.809 bits per heavy atom. The van der Waals surface area contributed by atoms with Gasteiger partial charge in [0.1, 0.15) is 12.1 Å². The summed E-state index contributed by atoms with van der Waals surface area (Å²) in [6, 6.07) is 22.7. The number of nitrogens with one attached hydrogen (secondary N) is 1. The Morgan fingerprint density at radius 3 is 2.02 bits per heavy atom. The second-order valence-corrected chi connectivity index (χ2v) is 15.0. The predicted molar refractivity (Wildman–Crippen MR) is 177 cm³/mol. The summed E-state index contributed by atoms with van der Waals surface area (Å²) in [6.07, 6.45) is 7.18. The molecule has 3 aromatic rings. The summed E-state index contributed by atoms with van der Waals surface area (Å²) in [7, 11) is -3.69.